The molecule has 0 unspecified atom stereocenters. The Morgan fingerprint density at radius 1 is 1.28 bits per heavy atom. The van der Waals surface area contributed by atoms with E-state index in [0.29, 0.717) is 43.2 Å². The number of carbonyl (C=O) groups excluding carboxylic acids is 1. The fourth-order valence-electron chi connectivity index (χ4n) is 4.00. The third-order valence-corrected chi connectivity index (χ3v) is 7.10. The summed E-state index contributed by atoms with van der Waals surface area (Å²) in [6, 6.07) is 12.4. The molecule has 0 saturated heterocycles. The molecule has 1 atom stereocenters. The van der Waals surface area contributed by atoms with Gasteiger partial charge in [0.15, 0.2) is 16.3 Å². The van der Waals surface area contributed by atoms with Crippen molar-refractivity contribution in [1.82, 2.24) is 4.57 Å². The molecule has 0 fully saturated rings. The summed E-state index contributed by atoms with van der Waals surface area (Å²) in [6.07, 6.45) is 3.43. The first kappa shape index (κ1) is 25.7. The van der Waals surface area contributed by atoms with E-state index < -0.39 is 12.0 Å². The van der Waals surface area contributed by atoms with Crippen LogP contribution in [0.15, 0.2) is 80.6 Å². The predicted molar refractivity (Wildman–Crippen MR) is 143 cm³/mol. The van der Waals surface area contributed by atoms with Gasteiger partial charge in [0.25, 0.3) is 5.56 Å². The van der Waals surface area contributed by atoms with Gasteiger partial charge in [-0.2, -0.15) is 0 Å². The summed E-state index contributed by atoms with van der Waals surface area (Å²) < 4.78 is 19.3. The number of benzene rings is 2. The van der Waals surface area contributed by atoms with Gasteiger partial charge >= 0.3 is 5.97 Å². The zero-order valence-corrected chi connectivity index (χ0v) is 22.5. The summed E-state index contributed by atoms with van der Waals surface area (Å²) in [5.74, 6) is 0.591. The number of carbonyl (C=O) groups is 1. The first-order chi connectivity index (χ1) is 17.4. The topological polar surface area (TPSA) is 79.1 Å². The molecule has 186 valence electrons. The van der Waals surface area contributed by atoms with Crippen molar-refractivity contribution in [3.05, 3.63) is 102 Å². The molecule has 0 aliphatic carbocycles. The van der Waals surface area contributed by atoms with Crippen LogP contribution in [0.1, 0.15) is 31.0 Å². The Morgan fingerprint density at radius 2 is 2.03 bits per heavy atom. The fraction of sp³-hybridized carbons (Fsp3) is 0.222. The van der Waals surface area contributed by atoms with Crippen LogP contribution in [0.2, 0.25) is 0 Å². The van der Waals surface area contributed by atoms with E-state index in [4.69, 9.17) is 14.2 Å². The second kappa shape index (κ2) is 11.1. The van der Waals surface area contributed by atoms with Crippen molar-refractivity contribution in [2.45, 2.75) is 19.9 Å². The number of allylic oxidation sites excluding steroid dienone is 1. The Bertz CT molecular complexity index is 1520. The smallest absolute Gasteiger partial charge is 0.338 e. The predicted octanol–water partition coefficient (Wildman–Crippen LogP) is 4.13. The minimum absolute atomic E-state index is 0.227. The number of hydrogen-bond donors (Lipinski definition) is 0. The lowest BCUT2D eigenvalue weighted by atomic mass is 9.96. The number of esters is 1. The first-order valence-corrected chi connectivity index (χ1v) is 12.9. The van der Waals surface area contributed by atoms with Gasteiger partial charge in [0, 0.05) is 0 Å². The van der Waals surface area contributed by atoms with Crippen LogP contribution in [0, 0.1) is 0 Å². The molecule has 3 aromatic rings. The van der Waals surface area contributed by atoms with Gasteiger partial charge in [-0.25, -0.2) is 9.79 Å². The molecule has 0 saturated carbocycles. The zero-order chi connectivity index (χ0) is 25.8. The molecule has 9 heteroatoms. The Hall–Kier alpha value is -3.43. The maximum Gasteiger partial charge on any atom is 0.338 e. The van der Waals surface area contributed by atoms with Gasteiger partial charge in [-0.05, 0) is 59.1 Å². The standard InChI is InChI=1S/C27H25BrN2O5S/c1-5-12-35-24-19(28)13-17(14-20(24)33-4)15-21-25(31)30-23(18-10-8-7-9-11-18)22(26(32)34-6-2)16(3)29-27(30)36-21/h5,7-11,13-15,23H,1,6,12H2,2-4H3/t23-/m1/s1. The summed E-state index contributed by atoms with van der Waals surface area (Å²) in [7, 11) is 1.56. The molecule has 0 spiro atoms. The molecule has 1 aliphatic heterocycles. The molecule has 0 N–H and O–H groups in total. The number of rotatable bonds is 8. The molecule has 7 nitrogen and oxygen atoms in total. The highest BCUT2D eigenvalue weighted by molar-refractivity contribution is 9.10. The Balaban J connectivity index is 1.89. The molecular weight excluding hydrogens is 544 g/mol. The minimum atomic E-state index is -0.639. The third kappa shape index (κ3) is 4.94. The molecule has 2 aromatic carbocycles. The summed E-state index contributed by atoms with van der Waals surface area (Å²) in [5.41, 5.74) is 2.19. The molecular formula is C27H25BrN2O5S. The van der Waals surface area contributed by atoms with Crippen LogP contribution >= 0.6 is 27.3 Å². The first-order valence-electron chi connectivity index (χ1n) is 11.2. The lowest BCUT2D eigenvalue weighted by molar-refractivity contribution is -0.139. The number of thiazole rings is 1. The van der Waals surface area contributed by atoms with Crippen molar-refractivity contribution in [2.24, 2.45) is 4.99 Å². The van der Waals surface area contributed by atoms with Gasteiger partial charge in [0.05, 0.1) is 40.0 Å². The molecule has 4 rings (SSSR count). The van der Waals surface area contributed by atoms with E-state index >= 15 is 0 Å². The molecule has 0 bridgehead atoms. The molecule has 0 radical (unpaired) electrons. The van der Waals surface area contributed by atoms with Gasteiger partial charge < -0.3 is 14.2 Å². The van der Waals surface area contributed by atoms with E-state index in [9.17, 15) is 9.59 Å². The van der Waals surface area contributed by atoms with E-state index in [1.807, 2.05) is 36.4 Å². The quantitative estimate of drug-likeness (QED) is 0.301. The van der Waals surface area contributed by atoms with Crippen LogP contribution in [0.25, 0.3) is 6.08 Å². The van der Waals surface area contributed by atoms with Crippen LogP contribution in [0.5, 0.6) is 11.5 Å². The van der Waals surface area contributed by atoms with Gasteiger partial charge in [-0.1, -0.05) is 54.3 Å². The lowest BCUT2D eigenvalue weighted by Crippen LogP contribution is -2.39. The summed E-state index contributed by atoms with van der Waals surface area (Å²) in [6.45, 7) is 7.74. The average Bonchev–Trinajstić information content (AvgIpc) is 3.17. The van der Waals surface area contributed by atoms with Crippen molar-refractivity contribution in [2.75, 3.05) is 20.3 Å². The second-order valence-corrected chi connectivity index (χ2v) is 9.71. The third-order valence-electron chi connectivity index (χ3n) is 5.53. The maximum absolute atomic E-state index is 13.7. The van der Waals surface area contributed by atoms with Gasteiger partial charge in [0.1, 0.15) is 6.61 Å². The SMILES string of the molecule is C=CCOc1c(Br)cc(C=c2sc3n(c2=O)[C@H](c2ccccc2)C(C(=O)OCC)=C(C)N=3)cc1OC. The maximum atomic E-state index is 13.7. The Kier molecular flexibility index (Phi) is 7.91. The van der Waals surface area contributed by atoms with E-state index in [2.05, 4.69) is 27.5 Å². The fourth-order valence-corrected chi connectivity index (χ4v) is 5.62. The normalized spacial score (nSPS) is 15.2. The summed E-state index contributed by atoms with van der Waals surface area (Å²) in [5, 5.41) is 0. The zero-order valence-electron chi connectivity index (χ0n) is 20.1. The minimum Gasteiger partial charge on any atom is -0.493 e. The van der Waals surface area contributed by atoms with Gasteiger partial charge in [0.2, 0.25) is 0 Å². The Morgan fingerprint density at radius 3 is 2.69 bits per heavy atom. The van der Waals surface area contributed by atoms with Crippen LogP contribution < -0.4 is 24.4 Å². The molecule has 1 aromatic heterocycles. The molecule has 1 aliphatic rings. The van der Waals surface area contributed by atoms with E-state index in [1.54, 1.807) is 43.7 Å². The number of halogens is 1. The van der Waals surface area contributed by atoms with Crippen molar-refractivity contribution < 1.29 is 19.0 Å². The van der Waals surface area contributed by atoms with E-state index in [1.165, 1.54) is 11.3 Å². The van der Waals surface area contributed by atoms with Crippen LogP contribution in [-0.2, 0) is 9.53 Å². The molecule has 0 amide bonds. The number of nitrogens with zero attached hydrogens (tertiary/aromatic N) is 2. The molecule has 2 heterocycles. The van der Waals surface area contributed by atoms with Crippen LogP contribution in [-0.4, -0.2) is 30.9 Å². The highest BCUT2D eigenvalue weighted by atomic mass is 79.9. The second-order valence-electron chi connectivity index (χ2n) is 7.85. The Labute approximate surface area is 220 Å². The van der Waals surface area contributed by atoms with Crippen molar-refractivity contribution in [1.29, 1.82) is 0 Å². The van der Waals surface area contributed by atoms with E-state index in [-0.39, 0.29) is 12.2 Å². The highest BCUT2D eigenvalue weighted by Crippen LogP contribution is 2.37. The largest absolute Gasteiger partial charge is 0.493 e. The number of ether oxygens (including phenoxy) is 3. The van der Waals surface area contributed by atoms with Crippen LogP contribution in [0.4, 0.5) is 0 Å². The van der Waals surface area contributed by atoms with Gasteiger partial charge in [-0.3, -0.25) is 9.36 Å². The summed E-state index contributed by atoms with van der Waals surface area (Å²) >= 11 is 4.79. The highest BCUT2D eigenvalue weighted by Gasteiger charge is 2.33. The molecule has 36 heavy (non-hydrogen) atoms. The number of fused-ring (bicyclic) bond motifs is 1. The lowest BCUT2D eigenvalue weighted by Gasteiger charge is -2.24. The average molecular weight is 569 g/mol. The monoisotopic (exact) mass is 568 g/mol. The van der Waals surface area contributed by atoms with Crippen LogP contribution in [0.3, 0.4) is 0 Å². The number of aromatic nitrogens is 1. The van der Waals surface area contributed by atoms with Gasteiger partial charge in [-0.15, -0.1) is 0 Å². The summed E-state index contributed by atoms with van der Waals surface area (Å²) in [4.78, 5) is 31.8. The van der Waals surface area contributed by atoms with Crippen molar-refractivity contribution in [3.8, 4) is 11.5 Å². The van der Waals surface area contributed by atoms with E-state index in [0.717, 1.165) is 11.1 Å². The number of methoxy groups -OCH3 is 1. The van der Waals surface area contributed by atoms with Crippen molar-refractivity contribution >= 4 is 39.3 Å². The number of hydrogen-bond acceptors (Lipinski definition) is 7. The van der Waals surface area contributed by atoms with Crippen molar-refractivity contribution in [3.63, 3.8) is 0 Å².